The molecule has 0 bridgehead atoms. The molecule has 1 aromatic heterocycles. The summed E-state index contributed by atoms with van der Waals surface area (Å²) < 4.78 is 5.75. The highest BCUT2D eigenvalue weighted by molar-refractivity contribution is 5.05. The first kappa shape index (κ1) is 14.2. The summed E-state index contributed by atoms with van der Waals surface area (Å²) >= 11 is 0. The van der Waals surface area contributed by atoms with E-state index >= 15 is 0 Å². The van der Waals surface area contributed by atoms with Crippen molar-refractivity contribution < 1.29 is 4.74 Å². The molecular formula is C14H23N3O2. The van der Waals surface area contributed by atoms with E-state index in [2.05, 4.69) is 28.7 Å². The zero-order chi connectivity index (χ0) is 13.7. The summed E-state index contributed by atoms with van der Waals surface area (Å²) in [7, 11) is 0. The number of aryl methyl sites for hydroxylation is 1. The summed E-state index contributed by atoms with van der Waals surface area (Å²) in [6.07, 6.45) is 2.85. The van der Waals surface area contributed by atoms with Crippen molar-refractivity contribution in [2.75, 3.05) is 26.2 Å². The molecule has 2 heterocycles. The Kier molecular flexibility index (Phi) is 5.10. The van der Waals surface area contributed by atoms with E-state index in [1.165, 1.54) is 0 Å². The molecule has 1 fully saturated rings. The van der Waals surface area contributed by atoms with E-state index in [1.807, 2.05) is 0 Å². The third-order valence-electron chi connectivity index (χ3n) is 3.31. The molecule has 0 spiro atoms. The molecule has 0 amide bonds. The maximum atomic E-state index is 11.7. The standard InChI is InChI=1S/C14H23N3O2/c1-3-5-11-9-13(18)16-14(15-11)12-10-17(6-4-2)7-8-19-12/h9,12H,3-8,10H2,1-2H3,(H,15,16,18). The van der Waals surface area contributed by atoms with Gasteiger partial charge in [-0.2, -0.15) is 0 Å². The van der Waals surface area contributed by atoms with Crippen LogP contribution in [0.25, 0.3) is 0 Å². The van der Waals surface area contributed by atoms with Crippen LogP contribution in [0.3, 0.4) is 0 Å². The zero-order valence-corrected chi connectivity index (χ0v) is 11.8. The fraction of sp³-hybridized carbons (Fsp3) is 0.714. The predicted octanol–water partition coefficient (Wildman–Crippen LogP) is 1.51. The Bertz CT molecular complexity index is 456. The van der Waals surface area contributed by atoms with Crippen LogP contribution in [0.4, 0.5) is 0 Å². The first-order chi connectivity index (χ1) is 9.22. The first-order valence-electron chi connectivity index (χ1n) is 7.17. The second-order valence-corrected chi connectivity index (χ2v) is 5.03. The molecule has 1 aliphatic rings. The minimum absolute atomic E-state index is 0.0790. The smallest absolute Gasteiger partial charge is 0.251 e. The van der Waals surface area contributed by atoms with Crippen LogP contribution in [-0.4, -0.2) is 41.1 Å². The molecule has 0 aliphatic carbocycles. The van der Waals surface area contributed by atoms with Crippen LogP contribution >= 0.6 is 0 Å². The number of aromatic amines is 1. The predicted molar refractivity (Wildman–Crippen MR) is 74.3 cm³/mol. The maximum Gasteiger partial charge on any atom is 0.251 e. The van der Waals surface area contributed by atoms with Gasteiger partial charge in [-0.25, -0.2) is 4.98 Å². The Morgan fingerprint density at radius 3 is 3.05 bits per heavy atom. The maximum absolute atomic E-state index is 11.7. The number of ether oxygens (including phenoxy) is 1. The van der Waals surface area contributed by atoms with Gasteiger partial charge in [0.15, 0.2) is 0 Å². The molecule has 1 aliphatic heterocycles. The van der Waals surface area contributed by atoms with Gasteiger partial charge in [-0.15, -0.1) is 0 Å². The lowest BCUT2D eigenvalue weighted by molar-refractivity contribution is -0.0344. The molecule has 19 heavy (non-hydrogen) atoms. The summed E-state index contributed by atoms with van der Waals surface area (Å²) in [5.41, 5.74) is 0.780. The number of hydrogen-bond donors (Lipinski definition) is 1. The molecule has 1 unspecified atom stereocenters. The molecule has 0 aromatic carbocycles. The van der Waals surface area contributed by atoms with Crippen molar-refractivity contribution in [3.05, 3.63) is 27.9 Å². The van der Waals surface area contributed by atoms with Gasteiger partial charge in [-0.05, 0) is 19.4 Å². The van der Waals surface area contributed by atoms with Crippen LogP contribution < -0.4 is 5.56 Å². The molecule has 5 heteroatoms. The lowest BCUT2D eigenvalue weighted by atomic mass is 10.2. The van der Waals surface area contributed by atoms with E-state index < -0.39 is 0 Å². The average molecular weight is 265 g/mol. The minimum Gasteiger partial charge on any atom is -0.368 e. The molecule has 106 valence electrons. The van der Waals surface area contributed by atoms with Gasteiger partial charge in [0.25, 0.3) is 5.56 Å². The molecule has 5 nitrogen and oxygen atoms in total. The molecule has 1 saturated heterocycles. The third kappa shape index (κ3) is 3.88. The van der Waals surface area contributed by atoms with Crippen LogP contribution in [0.2, 0.25) is 0 Å². The number of nitrogens with one attached hydrogen (secondary N) is 1. The quantitative estimate of drug-likeness (QED) is 0.876. The summed E-state index contributed by atoms with van der Waals surface area (Å²) in [6, 6.07) is 1.58. The van der Waals surface area contributed by atoms with E-state index in [0.717, 1.165) is 44.6 Å². The van der Waals surface area contributed by atoms with Crippen LogP contribution in [0.5, 0.6) is 0 Å². The minimum atomic E-state index is -0.107. The van der Waals surface area contributed by atoms with Crippen molar-refractivity contribution in [2.45, 2.75) is 39.2 Å². The number of hydrogen-bond acceptors (Lipinski definition) is 4. The largest absolute Gasteiger partial charge is 0.368 e. The van der Waals surface area contributed by atoms with Crippen molar-refractivity contribution in [3.8, 4) is 0 Å². The second-order valence-electron chi connectivity index (χ2n) is 5.03. The molecule has 2 rings (SSSR count). The van der Waals surface area contributed by atoms with E-state index in [-0.39, 0.29) is 11.7 Å². The van der Waals surface area contributed by atoms with Crippen LogP contribution in [0.15, 0.2) is 10.9 Å². The third-order valence-corrected chi connectivity index (χ3v) is 3.31. The van der Waals surface area contributed by atoms with Crippen LogP contribution in [0.1, 0.15) is 44.3 Å². The molecule has 0 saturated carbocycles. The number of nitrogens with zero attached hydrogens (tertiary/aromatic N) is 2. The van der Waals surface area contributed by atoms with Crippen molar-refractivity contribution in [1.82, 2.24) is 14.9 Å². The van der Waals surface area contributed by atoms with Gasteiger partial charge in [-0.3, -0.25) is 9.69 Å². The molecule has 1 atom stereocenters. The number of rotatable bonds is 5. The highest BCUT2D eigenvalue weighted by Gasteiger charge is 2.23. The van der Waals surface area contributed by atoms with Crippen LogP contribution in [-0.2, 0) is 11.2 Å². The fourth-order valence-electron chi connectivity index (χ4n) is 2.45. The van der Waals surface area contributed by atoms with E-state index in [1.54, 1.807) is 6.07 Å². The number of morpholine rings is 1. The Hall–Kier alpha value is -1.20. The van der Waals surface area contributed by atoms with Crippen molar-refractivity contribution in [1.29, 1.82) is 0 Å². The first-order valence-corrected chi connectivity index (χ1v) is 7.17. The van der Waals surface area contributed by atoms with E-state index in [0.29, 0.717) is 12.4 Å². The van der Waals surface area contributed by atoms with Gasteiger partial charge in [0, 0.05) is 24.8 Å². The summed E-state index contributed by atoms with van der Waals surface area (Å²) in [4.78, 5) is 21.4. The topological polar surface area (TPSA) is 58.2 Å². The van der Waals surface area contributed by atoms with Crippen LogP contribution in [0, 0.1) is 0 Å². The molecule has 0 radical (unpaired) electrons. The van der Waals surface area contributed by atoms with E-state index in [4.69, 9.17) is 4.74 Å². The number of aromatic nitrogens is 2. The Labute approximate surface area is 114 Å². The van der Waals surface area contributed by atoms with Gasteiger partial charge in [0.2, 0.25) is 0 Å². The Morgan fingerprint density at radius 1 is 1.47 bits per heavy atom. The van der Waals surface area contributed by atoms with Gasteiger partial charge < -0.3 is 9.72 Å². The van der Waals surface area contributed by atoms with E-state index in [9.17, 15) is 4.79 Å². The average Bonchev–Trinajstić information content (AvgIpc) is 2.39. The van der Waals surface area contributed by atoms with Gasteiger partial charge in [0.1, 0.15) is 11.9 Å². The lowest BCUT2D eigenvalue weighted by Gasteiger charge is -2.32. The Morgan fingerprint density at radius 2 is 2.32 bits per heavy atom. The van der Waals surface area contributed by atoms with Crippen molar-refractivity contribution >= 4 is 0 Å². The van der Waals surface area contributed by atoms with Crippen molar-refractivity contribution in [2.24, 2.45) is 0 Å². The van der Waals surface area contributed by atoms with Crippen molar-refractivity contribution in [3.63, 3.8) is 0 Å². The summed E-state index contributed by atoms with van der Waals surface area (Å²) in [5.74, 6) is 0.678. The summed E-state index contributed by atoms with van der Waals surface area (Å²) in [6.45, 7) is 7.80. The number of H-pyrrole nitrogens is 1. The lowest BCUT2D eigenvalue weighted by Crippen LogP contribution is -2.39. The summed E-state index contributed by atoms with van der Waals surface area (Å²) in [5, 5.41) is 0. The van der Waals surface area contributed by atoms with Gasteiger partial charge >= 0.3 is 0 Å². The highest BCUT2D eigenvalue weighted by atomic mass is 16.5. The fourth-order valence-corrected chi connectivity index (χ4v) is 2.45. The SMILES string of the molecule is CCCc1cc(=O)[nH]c(C2CN(CCC)CCO2)n1. The van der Waals surface area contributed by atoms with Gasteiger partial charge in [-0.1, -0.05) is 20.3 Å². The zero-order valence-electron chi connectivity index (χ0n) is 11.8. The van der Waals surface area contributed by atoms with Gasteiger partial charge in [0.05, 0.1) is 6.61 Å². The normalized spacial score (nSPS) is 20.6. The molecule has 1 N–H and O–H groups in total. The molecule has 1 aromatic rings. The highest BCUT2D eigenvalue weighted by Crippen LogP contribution is 2.18. The molecular weight excluding hydrogens is 242 g/mol. The Balaban J connectivity index is 2.13. The monoisotopic (exact) mass is 265 g/mol. The second kappa shape index (κ2) is 6.82.